The molecule has 3 aromatic rings. The Morgan fingerprint density at radius 1 is 1.12 bits per heavy atom. The number of amides is 1. The quantitative estimate of drug-likeness (QED) is 0.583. The van der Waals surface area contributed by atoms with E-state index >= 15 is 0 Å². The van der Waals surface area contributed by atoms with Gasteiger partial charge in [0.05, 0.1) is 36.6 Å². The Morgan fingerprint density at radius 2 is 1.81 bits per heavy atom. The number of methoxy groups -OCH3 is 2. The SMILES string of the molecule is COc1cc(NC(=O)C(C)(C)C)c(C(=O)OCc2cn3ccccc3c2C#N)cc1OC. The first-order valence-electron chi connectivity index (χ1n) is 9.93. The van der Waals surface area contributed by atoms with Crippen LogP contribution >= 0.6 is 0 Å². The highest BCUT2D eigenvalue weighted by Crippen LogP contribution is 2.35. The predicted molar refractivity (Wildman–Crippen MR) is 119 cm³/mol. The zero-order chi connectivity index (χ0) is 23.5. The minimum absolute atomic E-state index is 0.107. The fraction of sp³-hybridized carbons (Fsp3) is 0.292. The summed E-state index contributed by atoms with van der Waals surface area (Å²) in [5.41, 5.74) is 1.42. The molecule has 1 amide bonds. The van der Waals surface area contributed by atoms with Crippen LogP contribution in [-0.4, -0.2) is 30.5 Å². The standard InChI is InChI=1S/C24H25N3O5/c1-24(2,3)23(29)26-18-11-21(31-5)20(30-4)10-16(18)22(28)32-14-15-13-27-9-7-6-8-19(27)17(15)12-25/h6-11,13H,14H2,1-5H3,(H,26,29). The van der Waals surface area contributed by atoms with Crippen LogP contribution in [0.2, 0.25) is 0 Å². The molecule has 1 aromatic carbocycles. The number of pyridine rings is 1. The van der Waals surface area contributed by atoms with Gasteiger partial charge in [0, 0.05) is 35.5 Å². The number of hydrogen-bond donors (Lipinski definition) is 1. The summed E-state index contributed by atoms with van der Waals surface area (Å²) >= 11 is 0. The van der Waals surface area contributed by atoms with Crippen molar-refractivity contribution >= 4 is 23.1 Å². The van der Waals surface area contributed by atoms with Crippen LogP contribution in [0.4, 0.5) is 5.69 Å². The number of anilines is 1. The summed E-state index contributed by atoms with van der Waals surface area (Å²) in [5, 5.41) is 12.3. The van der Waals surface area contributed by atoms with Gasteiger partial charge in [-0.2, -0.15) is 5.26 Å². The van der Waals surface area contributed by atoms with Gasteiger partial charge in [0.2, 0.25) is 5.91 Å². The normalized spacial score (nSPS) is 11.0. The van der Waals surface area contributed by atoms with E-state index < -0.39 is 11.4 Å². The third kappa shape index (κ3) is 4.52. The molecule has 32 heavy (non-hydrogen) atoms. The Balaban J connectivity index is 1.93. The second kappa shape index (κ2) is 9.02. The molecule has 0 unspecified atom stereocenters. The number of nitrogens with one attached hydrogen (secondary N) is 1. The van der Waals surface area contributed by atoms with Crippen molar-refractivity contribution in [2.45, 2.75) is 27.4 Å². The molecule has 0 bridgehead atoms. The third-order valence-corrected chi connectivity index (χ3v) is 4.91. The van der Waals surface area contributed by atoms with E-state index in [1.54, 1.807) is 31.4 Å². The molecule has 0 radical (unpaired) electrons. The number of fused-ring (bicyclic) bond motifs is 1. The smallest absolute Gasteiger partial charge is 0.340 e. The van der Waals surface area contributed by atoms with E-state index in [0.29, 0.717) is 22.6 Å². The molecule has 2 heterocycles. The molecular formula is C24H25N3O5. The number of carbonyl (C=O) groups excluding carboxylic acids is 2. The molecule has 1 N–H and O–H groups in total. The fourth-order valence-electron chi connectivity index (χ4n) is 3.10. The number of carbonyl (C=O) groups is 2. The van der Waals surface area contributed by atoms with Crippen LogP contribution in [0.5, 0.6) is 11.5 Å². The lowest BCUT2D eigenvalue weighted by molar-refractivity contribution is -0.123. The highest BCUT2D eigenvalue weighted by molar-refractivity contribution is 6.03. The van der Waals surface area contributed by atoms with E-state index in [4.69, 9.17) is 14.2 Å². The van der Waals surface area contributed by atoms with Crippen LogP contribution in [0.1, 0.15) is 42.3 Å². The minimum atomic E-state index is -0.678. The lowest BCUT2D eigenvalue weighted by Crippen LogP contribution is -2.28. The second-order valence-corrected chi connectivity index (χ2v) is 8.17. The number of aromatic nitrogens is 1. The molecule has 8 nitrogen and oxygen atoms in total. The van der Waals surface area contributed by atoms with E-state index in [1.807, 2.05) is 24.4 Å². The van der Waals surface area contributed by atoms with Gasteiger partial charge in [-0.25, -0.2) is 4.79 Å². The summed E-state index contributed by atoms with van der Waals surface area (Å²) < 4.78 is 17.9. The maximum Gasteiger partial charge on any atom is 0.340 e. The average Bonchev–Trinajstić information content (AvgIpc) is 3.13. The Bertz CT molecular complexity index is 1210. The molecule has 0 aliphatic rings. The Hall–Kier alpha value is -3.99. The van der Waals surface area contributed by atoms with Gasteiger partial charge in [0.25, 0.3) is 0 Å². The van der Waals surface area contributed by atoms with Crippen molar-refractivity contribution in [3.63, 3.8) is 0 Å². The van der Waals surface area contributed by atoms with Crippen LogP contribution in [0.25, 0.3) is 5.52 Å². The number of esters is 1. The first-order valence-corrected chi connectivity index (χ1v) is 9.93. The molecular weight excluding hydrogens is 410 g/mol. The monoisotopic (exact) mass is 435 g/mol. The van der Waals surface area contributed by atoms with Crippen molar-refractivity contribution in [2.75, 3.05) is 19.5 Å². The Kier molecular flexibility index (Phi) is 6.40. The highest BCUT2D eigenvalue weighted by atomic mass is 16.5. The summed E-state index contributed by atoms with van der Waals surface area (Å²) in [7, 11) is 2.92. The molecule has 3 rings (SSSR count). The van der Waals surface area contributed by atoms with Crippen LogP contribution in [0, 0.1) is 16.7 Å². The van der Waals surface area contributed by atoms with Gasteiger partial charge < -0.3 is 23.9 Å². The maximum absolute atomic E-state index is 13.0. The van der Waals surface area contributed by atoms with Crippen molar-refractivity contribution < 1.29 is 23.8 Å². The topological polar surface area (TPSA) is 102 Å². The summed E-state index contributed by atoms with van der Waals surface area (Å²) in [6.45, 7) is 5.19. The number of benzene rings is 1. The molecule has 0 aliphatic heterocycles. The summed E-state index contributed by atoms with van der Waals surface area (Å²) in [6.07, 6.45) is 3.56. The predicted octanol–water partition coefficient (Wildman–Crippen LogP) is 4.17. The molecule has 0 fully saturated rings. The molecule has 166 valence electrons. The van der Waals surface area contributed by atoms with Crippen LogP contribution in [-0.2, 0) is 16.1 Å². The minimum Gasteiger partial charge on any atom is -0.493 e. The van der Waals surface area contributed by atoms with Crippen LogP contribution < -0.4 is 14.8 Å². The molecule has 8 heteroatoms. The van der Waals surface area contributed by atoms with Gasteiger partial charge in [0.1, 0.15) is 12.7 Å². The van der Waals surface area contributed by atoms with Crippen molar-refractivity contribution in [1.82, 2.24) is 4.40 Å². The van der Waals surface area contributed by atoms with Gasteiger partial charge >= 0.3 is 5.97 Å². The van der Waals surface area contributed by atoms with Gasteiger partial charge in [-0.05, 0) is 12.1 Å². The lowest BCUT2D eigenvalue weighted by atomic mass is 9.95. The van der Waals surface area contributed by atoms with E-state index in [-0.39, 0.29) is 23.8 Å². The number of rotatable bonds is 6. The molecule has 2 aromatic heterocycles. The Morgan fingerprint density at radius 3 is 2.44 bits per heavy atom. The first-order chi connectivity index (χ1) is 15.2. The molecule has 0 saturated carbocycles. The molecule has 0 spiro atoms. The van der Waals surface area contributed by atoms with Gasteiger partial charge in [0.15, 0.2) is 11.5 Å². The van der Waals surface area contributed by atoms with Gasteiger partial charge in [-0.1, -0.05) is 26.8 Å². The van der Waals surface area contributed by atoms with E-state index in [9.17, 15) is 14.9 Å². The number of nitrogens with zero attached hydrogens (tertiary/aromatic N) is 2. The molecule has 0 atom stereocenters. The van der Waals surface area contributed by atoms with E-state index in [2.05, 4.69) is 11.4 Å². The first kappa shape index (κ1) is 22.7. The number of hydrogen-bond acceptors (Lipinski definition) is 6. The van der Waals surface area contributed by atoms with Crippen molar-refractivity contribution in [3.8, 4) is 17.6 Å². The van der Waals surface area contributed by atoms with Gasteiger partial charge in [-0.3, -0.25) is 4.79 Å². The van der Waals surface area contributed by atoms with Crippen LogP contribution in [0.15, 0.2) is 42.7 Å². The fourth-order valence-corrected chi connectivity index (χ4v) is 3.10. The summed E-state index contributed by atoms with van der Waals surface area (Å²) in [5.74, 6) is -0.266. The van der Waals surface area contributed by atoms with E-state index in [1.165, 1.54) is 26.4 Å². The number of ether oxygens (including phenoxy) is 3. The Labute approximate surface area is 186 Å². The van der Waals surface area contributed by atoms with E-state index in [0.717, 1.165) is 5.52 Å². The van der Waals surface area contributed by atoms with Crippen LogP contribution in [0.3, 0.4) is 0 Å². The maximum atomic E-state index is 13.0. The zero-order valence-electron chi connectivity index (χ0n) is 18.7. The van der Waals surface area contributed by atoms with Gasteiger partial charge in [-0.15, -0.1) is 0 Å². The number of nitriles is 1. The molecule has 0 saturated heterocycles. The van der Waals surface area contributed by atoms with Crippen molar-refractivity contribution in [1.29, 1.82) is 5.26 Å². The zero-order valence-corrected chi connectivity index (χ0v) is 18.7. The average molecular weight is 435 g/mol. The second-order valence-electron chi connectivity index (χ2n) is 8.17. The third-order valence-electron chi connectivity index (χ3n) is 4.91. The molecule has 0 aliphatic carbocycles. The van der Waals surface area contributed by atoms with Crippen molar-refractivity contribution in [3.05, 3.63) is 59.4 Å². The largest absolute Gasteiger partial charge is 0.493 e. The lowest BCUT2D eigenvalue weighted by Gasteiger charge is -2.20. The summed E-state index contributed by atoms with van der Waals surface area (Å²) in [6, 6.07) is 10.6. The summed E-state index contributed by atoms with van der Waals surface area (Å²) in [4.78, 5) is 25.5. The van der Waals surface area contributed by atoms with Crippen molar-refractivity contribution in [2.24, 2.45) is 5.41 Å². The highest BCUT2D eigenvalue weighted by Gasteiger charge is 2.25.